The van der Waals surface area contributed by atoms with Crippen LogP contribution in [0.2, 0.25) is 0 Å². The number of para-hydroxylation sites is 1. The van der Waals surface area contributed by atoms with Crippen LogP contribution in [-0.4, -0.2) is 30.8 Å². The molecule has 0 saturated carbocycles. The van der Waals surface area contributed by atoms with Gasteiger partial charge in [0.15, 0.2) is 5.82 Å². The van der Waals surface area contributed by atoms with Gasteiger partial charge in [0.05, 0.1) is 13.0 Å². The van der Waals surface area contributed by atoms with Crippen molar-refractivity contribution in [3.05, 3.63) is 65.2 Å². The zero-order valence-corrected chi connectivity index (χ0v) is 15.5. The van der Waals surface area contributed by atoms with Crippen molar-refractivity contribution in [3.63, 3.8) is 0 Å². The molecule has 10 heteroatoms. The summed E-state index contributed by atoms with van der Waals surface area (Å²) in [6.45, 7) is -0.0217. The summed E-state index contributed by atoms with van der Waals surface area (Å²) in [6, 6.07) is 10.5. The second-order valence-corrected chi connectivity index (χ2v) is 6.60. The number of carbonyl (C=O) groups is 1. The second-order valence-electron chi connectivity index (χ2n) is 6.60. The van der Waals surface area contributed by atoms with Crippen LogP contribution in [0.5, 0.6) is 0 Å². The Morgan fingerprint density at radius 2 is 1.67 bits per heavy atom. The molecule has 0 amide bonds. The van der Waals surface area contributed by atoms with Crippen molar-refractivity contribution < 1.29 is 18.7 Å². The minimum atomic E-state index is -1.13. The molecular formula is C20H16F2N6O2. The molecule has 0 spiro atoms. The molecule has 8 nitrogen and oxygen atoms in total. The minimum Gasteiger partial charge on any atom is -0.481 e. The fourth-order valence-corrected chi connectivity index (χ4v) is 3.22. The molecule has 2 heterocycles. The number of anilines is 2. The van der Waals surface area contributed by atoms with Crippen molar-refractivity contribution in [3.8, 4) is 11.5 Å². The van der Waals surface area contributed by atoms with Gasteiger partial charge in [-0.1, -0.05) is 30.3 Å². The number of hydrogen-bond donors (Lipinski definition) is 3. The minimum absolute atomic E-state index is 0.0158. The molecule has 0 aliphatic carbocycles. The van der Waals surface area contributed by atoms with E-state index < -0.39 is 24.0 Å². The van der Waals surface area contributed by atoms with Crippen molar-refractivity contribution in [2.24, 2.45) is 0 Å². The van der Waals surface area contributed by atoms with E-state index in [9.17, 15) is 13.6 Å². The summed E-state index contributed by atoms with van der Waals surface area (Å²) in [5.74, 6) is -2.32. The summed E-state index contributed by atoms with van der Waals surface area (Å²) in [6.07, 6.45) is -0.435. The highest BCUT2D eigenvalue weighted by molar-refractivity contribution is 5.92. The van der Waals surface area contributed by atoms with E-state index in [1.54, 1.807) is 24.3 Å². The first-order valence-electron chi connectivity index (χ1n) is 8.87. The highest BCUT2D eigenvalue weighted by Gasteiger charge is 2.21. The summed E-state index contributed by atoms with van der Waals surface area (Å²) in [4.78, 5) is 19.2. The van der Waals surface area contributed by atoms with Crippen LogP contribution >= 0.6 is 0 Å². The van der Waals surface area contributed by atoms with Crippen molar-refractivity contribution in [2.45, 2.75) is 13.0 Å². The number of hydrogen-bond acceptors (Lipinski definition) is 6. The molecule has 0 aliphatic rings. The van der Waals surface area contributed by atoms with E-state index in [2.05, 4.69) is 15.1 Å². The number of rotatable bonds is 5. The monoisotopic (exact) mass is 410 g/mol. The predicted molar refractivity (Wildman–Crippen MR) is 106 cm³/mol. The molecular weight excluding hydrogens is 394 g/mol. The van der Waals surface area contributed by atoms with E-state index in [0.717, 1.165) is 0 Å². The van der Waals surface area contributed by atoms with Crippen LogP contribution in [0, 0.1) is 11.6 Å². The van der Waals surface area contributed by atoms with Crippen LogP contribution in [0.4, 0.5) is 20.4 Å². The molecule has 30 heavy (non-hydrogen) atoms. The Balaban J connectivity index is 1.88. The van der Waals surface area contributed by atoms with E-state index in [0.29, 0.717) is 10.9 Å². The zero-order valence-electron chi connectivity index (χ0n) is 15.5. The molecule has 5 N–H and O–H groups in total. The SMILES string of the molecule is Nc1nc(-c2nn(Cc3ccccc3F)c3c(F)cccc23)nc(N)c1CC(=O)O. The third-order valence-corrected chi connectivity index (χ3v) is 4.61. The number of benzene rings is 2. The Bertz CT molecular complexity index is 1260. The molecule has 152 valence electrons. The van der Waals surface area contributed by atoms with Crippen LogP contribution < -0.4 is 11.5 Å². The lowest BCUT2D eigenvalue weighted by Crippen LogP contribution is -2.11. The first-order chi connectivity index (χ1) is 14.3. The van der Waals surface area contributed by atoms with Gasteiger partial charge in [-0.05, 0) is 12.1 Å². The number of fused-ring (bicyclic) bond motifs is 1. The lowest BCUT2D eigenvalue weighted by Gasteiger charge is -2.07. The Morgan fingerprint density at radius 1 is 1.00 bits per heavy atom. The number of nitrogens with two attached hydrogens (primary N) is 2. The molecule has 2 aromatic heterocycles. The Kier molecular flexibility index (Phi) is 4.74. The Hall–Kier alpha value is -4.08. The molecule has 4 aromatic rings. The quantitative estimate of drug-likeness (QED) is 0.460. The van der Waals surface area contributed by atoms with Gasteiger partial charge in [0.2, 0.25) is 0 Å². The highest BCUT2D eigenvalue weighted by Crippen LogP contribution is 2.30. The maximum absolute atomic E-state index is 14.6. The topological polar surface area (TPSA) is 133 Å². The summed E-state index contributed by atoms with van der Waals surface area (Å²) < 4.78 is 30.1. The first-order valence-corrected chi connectivity index (χ1v) is 8.87. The summed E-state index contributed by atoms with van der Waals surface area (Å²) in [5, 5.41) is 13.8. The van der Waals surface area contributed by atoms with E-state index in [1.807, 2.05) is 0 Å². The standard InChI is InChI=1S/C20H16F2N6O2/c21-13-6-2-1-4-10(13)9-28-17-11(5-3-7-14(17)22)16(27-28)20-25-18(23)12(8-15(29)30)19(24)26-20/h1-7H,8-9H2,(H,29,30)(H4,23,24,25,26). The van der Waals surface area contributed by atoms with Crippen LogP contribution in [-0.2, 0) is 17.8 Å². The lowest BCUT2D eigenvalue weighted by atomic mass is 10.1. The normalized spacial score (nSPS) is 11.1. The summed E-state index contributed by atoms with van der Waals surface area (Å²) in [7, 11) is 0. The van der Waals surface area contributed by atoms with E-state index in [-0.39, 0.29) is 40.8 Å². The Labute approximate surface area is 168 Å². The molecule has 0 saturated heterocycles. The lowest BCUT2D eigenvalue weighted by molar-refractivity contribution is -0.136. The van der Waals surface area contributed by atoms with Gasteiger partial charge in [-0.3, -0.25) is 9.48 Å². The van der Waals surface area contributed by atoms with Crippen LogP contribution in [0.15, 0.2) is 42.5 Å². The van der Waals surface area contributed by atoms with Gasteiger partial charge in [-0.2, -0.15) is 5.10 Å². The number of carboxylic acids is 1. The van der Waals surface area contributed by atoms with Gasteiger partial charge < -0.3 is 16.6 Å². The molecule has 2 aromatic carbocycles. The number of halogens is 2. The van der Waals surface area contributed by atoms with Crippen LogP contribution in [0.1, 0.15) is 11.1 Å². The number of nitrogen functional groups attached to an aromatic ring is 2. The zero-order chi connectivity index (χ0) is 21.4. The molecule has 4 rings (SSSR count). The van der Waals surface area contributed by atoms with E-state index in [4.69, 9.17) is 16.6 Å². The average molecular weight is 410 g/mol. The molecule has 0 radical (unpaired) electrons. The molecule has 0 unspecified atom stereocenters. The Morgan fingerprint density at radius 3 is 2.33 bits per heavy atom. The van der Waals surface area contributed by atoms with Gasteiger partial charge in [-0.15, -0.1) is 0 Å². The fourth-order valence-electron chi connectivity index (χ4n) is 3.22. The third-order valence-electron chi connectivity index (χ3n) is 4.61. The van der Waals surface area contributed by atoms with Gasteiger partial charge in [0.25, 0.3) is 0 Å². The second kappa shape index (κ2) is 7.39. The fraction of sp³-hybridized carbons (Fsp3) is 0.100. The van der Waals surface area contributed by atoms with Crippen LogP contribution in [0.3, 0.4) is 0 Å². The molecule has 0 aliphatic heterocycles. The van der Waals surface area contributed by atoms with Gasteiger partial charge in [0, 0.05) is 16.5 Å². The number of aromatic nitrogens is 4. The van der Waals surface area contributed by atoms with Gasteiger partial charge in [-0.25, -0.2) is 18.7 Å². The highest BCUT2D eigenvalue weighted by atomic mass is 19.1. The van der Waals surface area contributed by atoms with E-state index in [1.165, 1.54) is 22.9 Å². The molecule has 0 fully saturated rings. The largest absolute Gasteiger partial charge is 0.481 e. The smallest absolute Gasteiger partial charge is 0.308 e. The van der Waals surface area contributed by atoms with Crippen molar-refractivity contribution in [2.75, 3.05) is 11.5 Å². The average Bonchev–Trinajstić information content (AvgIpc) is 3.06. The number of nitrogens with zero attached hydrogens (tertiary/aromatic N) is 4. The maximum atomic E-state index is 14.6. The molecule has 0 bridgehead atoms. The number of carboxylic acid groups (broad SMARTS) is 1. The van der Waals surface area contributed by atoms with Crippen molar-refractivity contribution >= 4 is 28.5 Å². The van der Waals surface area contributed by atoms with Gasteiger partial charge >= 0.3 is 5.97 Å². The third kappa shape index (κ3) is 3.39. The predicted octanol–water partition coefficient (Wildman–Crippen LogP) is 2.61. The van der Waals surface area contributed by atoms with Crippen molar-refractivity contribution in [1.29, 1.82) is 0 Å². The van der Waals surface area contributed by atoms with E-state index >= 15 is 0 Å². The maximum Gasteiger partial charge on any atom is 0.308 e. The summed E-state index contributed by atoms with van der Waals surface area (Å²) in [5.41, 5.74) is 12.5. The van der Waals surface area contributed by atoms with Crippen LogP contribution in [0.25, 0.3) is 22.4 Å². The first kappa shape index (κ1) is 19.2. The molecule has 0 atom stereocenters. The van der Waals surface area contributed by atoms with Gasteiger partial charge in [0.1, 0.15) is 34.5 Å². The number of aliphatic carboxylic acids is 1. The summed E-state index contributed by atoms with van der Waals surface area (Å²) >= 11 is 0. The van der Waals surface area contributed by atoms with Crippen molar-refractivity contribution in [1.82, 2.24) is 19.7 Å².